The molecule has 1 aliphatic carbocycles. The smallest absolute Gasteiger partial charge is 0.264 e. The average Bonchev–Trinajstić information content (AvgIpc) is 3.22. The van der Waals surface area contributed by atoms with Crippen molar-refractivity contribution < 1.29 is 9.59 Å². The number of anilines is 1. The van der Waals surface area contributed by atoms with Gasteiger partial charge in [0.1, 0.15) is 0 Å². The summed E-state index contributed by atoms with van der Waals surface area (Å²) < 4.78 is 0. The minimum Gasteiger partial charge on any atom is -0.332 e. The highest BCUT2D eigenvalue weighted by molar-refractivity contribution is 7.15. The van der Waals surface area contributed by atoms with E-state index in [2.05, 4.69) is 17.2 Å². The van der Waals surface area contributed by atoms with Crippen LogP contribution in [0.25, 0.3) is 0 Å². The number of fused-ring (bicyclic) bond motifs is 1. The van der Waals surface area contributed by atoms with E-state index in [4.69, 9.17) is 0 Å². The Morgan fingerprint density at radius 2 is 2.28 bits per heavy atom. The summed E-state index contributed by atoms with van der Waals surface area (Å²) in [5.74, 6) is 0.408. The van der Waals surface area contributed by atoms with Crippen LogP contribution in [0.3, 0.4) is 0 Å². The third-order valence-corrected chi connectivity index (χ3v) is 6.34. The second kappa shape index (κ2) is 8.10. The van der Waals surface area contributed by atoms with Gasteiger partial charge in [0, 0.05) is 11.9 Å². The largest absolute Gasteiger partial charge is 0.332 e. The van der Waals surface area contributed by atoms with Gasteiger partial charge in [-0.3, -0.25) is 9.59 Å². The quantitative estimate of drug-likeness (QED) is 0.832. The van der Waals surface area contributed by atoms with E-state index in [-0.39, 0.29) is 18.4 Å². The van der Waals surface area contributed by atoms with Gasteiger partial charge in [0.2, 0.25) is 5.91 Å². The number of aromatic nitrogens is 1. The number of carbonyl (C=O) groups excluding carboxylic acids is 2. The molecule has 0 saturated heterocycles. The molecule has 1 N–H and O–H groups in total. The number of thiazole rings is 1. The SMILES string of the molecule is CCCC1CCc2nc(NC(=O)CN(C)C(=O)c3cccs3)sc2C1. The van der Waals surface area contributed by atoms with E-state index >= 15 is 0 Å². The molecule has 0 spiro atoms. The Hall–Kier alpha value is -1.73. The van der Waals surface area contributed by atoms with Crippen LogP contribution in [-0.2, 0) is 17.6 Å². The van der Waals surface area contributed by atoms with Crippen molar-refractivity contribution in [3.63, 3.8) is 0 Å². The number of hydrogen-bond acceptors (Lipinski definition) is 5. The van der Waals surface area contributed by atoms with E-state index in [1.54, 1.807) is 24.5 Å². The van der Waals surface area contributed by atoms with E-state index in [1.807, 2.05) is 11.4 Å². The molecule has 25 heavy (non-hydrogen) atoms. The van der Waals surface area contributed by atoms with Gasteiger partial charge in [-0.15, -0.1) is 22.7 Å². The fourth-order valence-corrected chi connectivity index (χ4v) is 5.04. The van der Waals surface area contributed by atoms with Gasteiger partial charge in [-0.05, 0) is 36.6 Å². The van der Waals surface area contributed by atoms with Crippen molar-refractivity contribution in [3.05, 3.63) is 33.0 Å². The Bertz CT molecular complexity index is 740. The molecule has 5 nitrogen and oxygen atoms in total. The highest BCUT2D eigenvalue weighted by atomic mass is 32.1. The molecule has 2 heterocycles. The third kappa shape index (κ3) is 4.46. The molecule has 0 fully saturated rings. The minimum atomic E-state index is -0.205. The normalized spacial score (nSPS) is 16.3. The monoisotopic (exact) mass is 377 g/mol. The molecule has 1 unspecified atom stereocenters. The Kier molecular flexibility index (Phi) is 5.86. The molecule has 7 heteroatoms. The van der Waals surface area contributed by atoms with Crippen molar-refractivity contribution in [1.82, 2.24) is 9.88 Å². The first-order valence-electron chi connectivity index (χ1n) is 8.64. The van der Waals surface area contributed by atoms with Gasteiger partial charge in [0.15, 0.2) is 5.13 Å². The molecule has 2 amide bonds. The van der Waals surface area contributed by atoms with E-state index < -0.39 is 0 Å². The number of rotatable bonds is 6. The Morgan fingerprint density at radius 1 is 1.44 bits per heavy atom. The molecule has 0 bridgehead atoms. The van der Waals surface area contributed by atoms with Gasteiger partial charge >= 0.3 is 0 Å². The molecule has 2 aromatic rings. The fourth-order valence-electron chi connectivity index (χ4n) is 3.19. The Morgan fingerprint density at radius 3 is 3.00 bits per heavy atom. The second-order valence-corrected chi connectivity index (χ2v) is 8.50. The Labute approximate surface area is 156 Å². The highest BCUT2D eigenvalue weighted by Gasteiger charge is 2.23. The number of nitrogens with zero attached hydrogens (tertiary/aromatic N) is 2. The van der Waals surface area contributed by atoms with Crippen LogP contribution in [-0.4, -0.2) is 35.3 Å². The van der Waals surface area contributed by atoms with Crippen molar-refractivity contribution in [1.29, 1.82) is 0 Å². The summed E-state index contributed by atoms with van der Waals surface area (Å²) in [7, 11) is 1.64. The van der Waals surface area contributed by atoms with Crippen LogP contribution in [0.4, 0.5) is 5.13 Å². The predicted octanol–water partition coefficient (Wildman–Crippen LogP) is 3.82. The number of nitrogens with one attached hydrogen (secondary N) is 1. The maximum atomic E-state index is 12.2. The molecule has 0 radical (unpaired) electrons. The summed E-state index contributed by atoms with van der Waals surface area (Å²) in [5, 5.41) is 5.37. The van der Waals surface area contributed by atoms with E-state index in [9.17, 15) is 9.59 Å². The first-order valence-corrected chi connectivity index (χ1v) is 10.3. The summed E-state index contributed by atoms with van der Waals surface area (Å²) in [5.41, 5.74) is 1.13. The topological polar surface area (TPSA) is 62.3 Å². The molecule has 1 atom stereocenters. The number of hydrogen-bond donors (Lipinski definition) is 1. The zero-order chi connectivity index (χ0) is 17.8. The minimum absolute atomic E-state index is 0.0272. The van der Waals surface area contributed by atoms with Gasteiger partial charge in [-0.1, -0.05) is 25.8 Å². The molecule has 0 aliphatic heterocycles. The number of amides is 2. The van der Waals surface area contributed by atoms with Crippen LogP contribution in [0.1, 0.15) is 46.4 Å². The lowest BCUT2D eigenvalue weighted by atomic mass is 9.88. The molecular weight excluding hydrogens is 354 g/mol. The van der Waals surface area contributed by atoms with Crippen LogP contribution in [0.2, 0.25) is 0 Å². The third-order valence-electron chi connectivity index (χ3n) is 4.44. The van der Waals surface area contributed by atoms with Crippen molar-refractivity contribution in [2.45, 2.75) is 39.0 Å². The van der Waals surface area contributed by atoms with Gasteiger partial charge in [-0.25, -0.2) is 4.98 Å². The van der Waals surface area contributed by atoms with Crippen molar-refractivity contribution in [2.24, 2.45) is 5.92 Å². The van der Waals surface area contributed by atoms with E-state index in [0.717, 1.165) is 24.5 Å². The van der Waals surface area contributed by atoms with E-state index in [1.165, 1.54) is 40.4 Å². The van der Waals surface area contributed by atoms with E-state index in [0.29, 0.717) is 10.0 Å². The van der Waals surface area contributed by atoms with Crippen LogP contribution < -0.4 is 5.32 Å². The zero-order valence-electron chi connectivity index (χ0n) is 14.6. The van der Waals surface area contributed by atoms with Gasteiger partial charge in [0.05, 0.1) is 17.1 Å². The van der Waals surface area contributed by atoms with Crippen LogP contribution >= 0.6 is 22.7 Å². The van der Waals surface area contributed by atoms with Gasteiger partial charge in [0.25, 0.3) is 5.91 Å². The lowest BCUT2D eigenvalue weighted by molar-refractivity contribution is -0.116. The average molecular weight is 378 g/mol. The summed E-state index contributed by atoms with van der Waals surface area (Å²) in [4.78, 5) is 32.4. The molecule has 1 aliphatic rings. The standard InChI is InChI=1S/C18H23N3O2S2/c1-3-5-12-7-8-13-15(10-12)25-18(19-13)20-16(22)11-21(2)17(23)14-6-4-9-24-14/h4,6,9,12H,3,5,7-8,10-11H2,1-2H3,(H,19,20,22). The number of aryl methyl sites for hydroxylation is 1. The summed E-state index contributed by atoms with van der Waals surface area (Å²) in [6.07, 6.45) is 5.74. The summed E-state index contributed by atoms with van der Waals surface area (Å²) in [6.45, 7) is 2.25. The van der Waals surface area contributed by atoms with Gasteiger partial charge in [-0.2, -0.15) is 0 Å². The number of carbonyl (C=O) groups is 2. The summed E-state index contributed by atoms with van der Waals surface area (Å²) in [6, 6.07) is 3.60. The summed E-state index contributed by atoms with van der Waals surface area (Å²) >= 11 is 2.96. The van der Waals surface area contributed by atoms with Crippen LogP contribution in [0, 0.1) is 5.92 Å². The second-order valence-electron chi connectivity index (χ2n) is 6.47. The lowest BCUT2D eigenvalue weighted by Gasteiger charge is -2.19. The Balaban J connectivity index is 1.56. The molecule has 0 aromatic carbocycles. The molecule has 0 saturated carbocycles. The molecule has 134 valence electrons. The van der Waals surface area contributed by atoms with Crippen LogP contribution in [0.5, 0.6) is 0 Å². The van der Waals surface area contributed by atoms with Crippen molar-refractivity contribution in [2.75, 3.05) is 18.9 Å². The highest BCUT2D eigenvalue weighted by Crippen LogP contribution is 2.34. The first-order chi connectivity index (χ1) is 12.1. The lowest BCUT2D eigenvalue weighted by Crippen LogP contribution is -2.34. The zero-order valence-corrected chi connectivity index (χ0v) is 16.2. The van der Waals surface area contributed by atoms with Gasteiger partial charge < -0.3 is 10.2 Å². The predicted molar refractivity (Wildman–Crippen MR) is 102 cm³/mol. The maximum Gasteiger partial charge on any atom is 0.264 e. The first kappa shape index (κ1) is 18.1. The number of thiophene rings is 1. The molecule has 2 aromatic heterocycles. The molecule has 3 rings (SSSR count). The van der Waals surface area contributed by atoms with Crippen molar-refractivity contribution in [3.8, 4) is 0 Å². The number of likely N-dealkylation sites (N-methyl/N-ethyl adjacent to an activating group) is 1. The molecular formula is C18H23N3O2S2. The van der Waals surface area contributed by atoms with Crippen molar-refractivity contribution >= 4 is 39.6 Å². The van der Waals surface area contributed by atoms with Crippen LogP contribution in [0.15, 0.2) is 17.5 Å². The fraction of sp³-hybridized carbons (Fsp3) is 0.500. The maximum absolute atomic E-state index is 12.2.